The summed E-state index contributed by atoms with van der Waals surface area (Å²) in [6, 6.07) is 8.85. The van der Waals surface area contributed by atoms with Gasteiger partial charge in [0.25, 0.3) is 0 Å². The second kappa shape index (κ2) is 6.70. The summed E-state index contributed by atoms with van der Waals surface area (Å²) in [7, 11) is 3.28. The summed E-state index contributed by atoms with van der Waals surface area (Å²) in [4.78, 5) is 26.0. The number of rotatable bonds is 4. The Morgan fingerprint density at radius 3 is 2.48 bits per heavy atom. The van der Waals surface area contributed by atoms with Crippen molar-refractivity contribution >= 4 is 12.0 Å². The van der Waals surface area contributed by atoms with Gasteiger partial charge in [-0.15, -0.1) is 0 Å². The van der Waals surface area contributed by atoms with E-state index < -0.39 is 6.09 Å². The summed E-state index contributed by atoms with van der Waals surface area (Å²) in [5.74, 6) is 0.774. The van der Waals surface area contributed by atoms with Gasteiger partial charge in [0, 0.05) is 24.5 Å². The molecule has 2 saturated carbocycles. The third-order valence-corrected chi connectivity index (χ3v) is 5.97. The Hall–Kier alpha value is -2.04. The van der Waals surface area contributed by atoms with Gasteiger partial charge < -0.3 is 15.0 Å². The van der Waals surface area contributed by atoms with E-state index >= 15 is 0 Å². The molecular formula is C20H28N2O3. The zero-order valence-electron chi connectivity index (χ0n) is 15.5. The molecule has 136 valence electrons. The molecule has 3 rings (SSSR count). The zero-order chi connectivity index (χ0) is 18.2. The number of methoxy groups -OCH3 is 1. The molecule has 25 heavy (non-hydrogen) atoms. The van der Waals surface area contributed by atoms with E-state index in [0.29, 0.717) is 24.8 Å². The first-order chi connectivity index (χ1) is 11.8. The van der Waals surface area contributed by atoms with E-state index in [2.05, 4.69) is 41.2 Å². The SMILES string of the molecule is COC(=O)NC1(C)CC(C(=O)N(C)C2CC(c3ccccc3C)C2)C1. The van der Waals surface area contributed by atoms with Crippen LogP contribution in [0.4, 0.5) is 4.79 Å². The molecule has 2 fully saturated rings. The molecule has 0 spiro atoms. The number of aryl methyl sites for hydroxylation is 1. The van der Waals surface area contributed by atoms with Gasteiger partial charge in [0.15, 0.2) is 0 Å². The Balaban J connectivity index is 1.49. The van der Waals surface area contributed by atoms with Crippen molar-refractivity contribution < 1.29 is 14.3 Å². The van der Waals surface area contributed by atoms with Crippen molar-refractivity contribution in [3.05, 3.63) is 35.4 Å². The number of ether oxygens (including phenoxy) is 1. The van der Waals surface area contributed by atoms with Crippen LogP contribution in [0.1, 0.15) is 49.7 Å². The molecule has 0 atom stereocenters. The number of benzene rings is 1. The van der Waals surface area contributed by atoms with Gasteiger partial charge >= 0.3 is 6.09 Å². The van der Waals surface area contributed by atoms with Gasteiger partial charge in [-0.2, -0.15) is 0 Å². The van der Waals surface area contributed by atoms with E-state index in [9.17, 15) is 9.59 Å². The van der Waals surface area contributed by atoms with Crippen LogP contribution in [0, 0.1) is 12.8 Å². The average Bonchev–Trinajstić information content (AvgIpc) is 2.51. The van der Waals surface area contributed by atoms with Crippen LogP contribution in [0.3, 0.4) is 0 Å². The zero-order valence-corrected chi connectivity index (χ0v) is 15.5. The molecule has 2 aliphatic rings. The topological polar surface area (TPSA) is 58.6 Å². The largest absolute Gasteiger partial charge is 0.453 e. The van der Waals surface area contributed by atoms with Gasteiger partial charge in [-0.25, -0.2) is 4.79 Å². The second-order valence-corrected chi connectivity index (χ2v) is 7.91. The van der Waals surface area contributed by atoms with Gasteiger partial charge in [0.05, 0.1) is 7.11 Å². The molecule has 1 N–H and O–H groups in total. The highest BCUT2D eigenvalue weighted by molar-refractivity contribution is 5.81. The monoisotopic (exact) mass is 344 g/mol. The number of carbonyl (C=O) groups is 2. The first-order valence-electron chi connectivity index (χ1n) is 9.01. The lowest BCUT2D eigenvalue weighted by Crippen LogP contribution is -2.59. The fourth-order valence-electron chi connectivity index (χ4n) is 4.27. The maximum Gasteiger partial charge on any atom is 0.407 e. The van der Waals surface area contributed by atoms with Crippen molar-refractivity contribution in [2.45, 2.75) is 57.0 Å². The lowest BCUT2D eigenvalue weighted by atomic mass is 9.68. The molecule has 0 aromatic heterocycles. The number of hydrogen-bond acceptors (Lipinski definition) is 3. The summed E-state index contributed by atoms with van der Waals surface area (Å²) in [6.07, 6.45) is 3.01. The molecule has 0 saturated heterocycles. The Kier molecular flexibility index (Phi) is 4.76. The fourth-order valence-corrected chi connectivity index (χ4v) is 4.27. The van der Waals surface area contributed by atoms with Gasteiger partial charge in [-0.05, 0) is 56.6 Å². The number of nitrogens with one attached hydrogen (secondary N) is 1. The van der Waals surface area contributed by atoms with Crippen molar-refractivity contribution in [3.63, 3.8) is 0 Å². The molecule has 5 heteroatoms. The van der Waals surface area contributed by atoms with E-state index in [1.54, 1.807) is 0 Å². The average molecular weight is 344 g/mol. The summed E-state index contributed by atoms with van der Waals surface area (Å²) in [5.41, 5.74) is 2.43. The first kappa shape index (κ1) is 17.8. The summed E-state index contributed by atoms with van der Waals surface area (Å²) < 4.78 is 4.65. The number of nitrogens with zero attached hydrogens (tertiary/aromatic N) is 1. The normalized spacial score (nSPS) is 30.6. The number of hydrogen-bond donors (Lipinski definition) is 1. The molecule has 0 heterocycles. The maximum absolute atomic E-state index is 12.7. The molecule has 0 unspecified atom stereocenters. The molecule has 1 aromatic rings. The molecule has 0 radical (unpaired) electrons. The second-order valence-electron chi connectivity index (χ2n) is 7.91. The van der Waals surface area contributed by atoms with Crippen LogP contribution >= 0.6 is 0 Å². The molecule has 2 aliphatic carbocycles. The molecular weight excluding hydrogens is 316 g/mol. The number of carbonyl (C=O) groups excluding carboxylic acids is 2. The van der Waals surface area contributed by atoms with Gasteiger partial charge in [-0.1, -0.05) is 24.3 Å². The smallest absolute Gasteiger partial charge is 0.407 e. The Morgan fingerprint density at radius 2 is 1.88 bits per heavy atom. The quantitative estimate of drug-likeness (QED) is 0.912. The molecule has 0 aliphatic heterocycles. The number of amides is 2. The van der Waals surface area contributed by atoms with E-state index in [4.69, 9.17) is 0 Å². The summed E-state index contributed by atoms with van der Waals surface area (Å²) in [5, 5.41) is 2.83. The fraction of sp³-hybridized carbons (Fsp3) is 0.600. The Morgan fingerprint density at radius 1 is 1.24 bits per heavy atom. The van der Waals surface area contributed by atoms with Crippen LogP contribution in [0.2, 0.25) is 0 Å². The Labute approximate surface area is 149 Å². The van der Waals surface area contributed by atoms with Gasteiger partial charge in [0.1, 0.15) is 0 Å². The number of alkyl carbamates (subject to hydrolysis) is 1. The maximum atomic E-state index is 12.7. The highest BCUT2D eigenvalue weighted by atomic mass is 16.5. The first-order valence-corrected chi connectivity index (χ1v) is 9.01. The van der Waals surface area contributed by atoms with Crippen molar-refractivity contribution in [2.75, 3.05) is 14.2 Å². The van der Waals surface area contributed by atoms with Crippen molar-refractivity contribution in [1.29, 1.82) is 0 Å². The van der Waals surface area contributed by atoms with Crippen LogP contribution in [0.15, 0.2) is 24.3 Å². The third kappa shape index (κ3) is 3.51. The van der Waals surface area contributed by atoms with Crippen molar-refractivity contribution in [1.82, 2.24) is 10.2 Å². The molecule has 2 amide bonds. The van der Waals surface area contributed by atoms with Crippen LogP contribution in [-0.2, 0) is 9.53 Å². The minimum absolute atomic E-state index is 0.00432. The molecule has 1 aromatic carbocycles. The standard InChI is InChI=1S/C20H28N2O3/c1-13-7-5-6-8-17(13)14-9-16(10-14)22(3)18(23)15-11-20(2,12-15)21-19(24)25-4/h5-8,14-16H,9-12H2,1-4H3,(H,21,24). The Bertz CT molecular complexity index is 661. The van der Waals surface area contributed by atoms with E-state index in [0.717, 1.165) is 12.8 Å². The molecule has 5 nitrogen and oxygen atoms in total. The van der Waals surface area contributed by atoms with Crippen LogP contribution in [0.5, 0.6) is 0 Å². The van der Waals surface area contributed by atoms with Crippen molar-refractivity contribution in [3.8, 4) is 0 Å². The van der Waals surface area contributed by atoms with E-state index in [1.165, 1.54) is 18.2 Å². The van der Waals surface area contributed by atoms with E-state index in [-0.39, 0.29) is 17.4 Å². The summed E-state index contributed by atoms with van der Waals surface area (Å²) in [6.45, 7) is 4.12. The van der Waals surface area contributed by atoms with E-state index in [1.807, 2.05) is 18.9 Å². The molecule has 0 bridgehead atoms. The van der Waals surface area contributed by atoms with Crippen LogP contribution < -0.4 is 5.32 Å². The lowest BCUT2D eigenvalue weighted by molar-refractivity contribution is -0.143. The minimum Gasteiger partial charge on any atom is -0.453 e. The highest BCUT2D eigenvalue weighted by Gasteiger charge is 2.47. The minimum atomic E-state index is -0.429. The van der Waals surface area contributed by atoms with Gasteiger partial charge in [0.2, 0.25) is 5.91 Å². The predicted octanol–water partition coefficient (Wildman–Crippen LogP) is 3.22. The lowest BCUT2D eigenvalue weighted by Gasteiger charge is -2.48. The van der Waals surface area contributed by atoms with Crippen molar-refractivity contribution in [2.24, 2.45) is 5.92 Å². The third-order valence-electron chi connectivity index (χ3n) is 5.97. The predicted molar refractivity (Wildman–Crippen MR) is 96.4 cm³/mol. The van der Waals surface area contributed by atoms with Crippen LogP contribution in [-0.4, -0.2) is 42.6 Å². The highest BCUT2D eigenvalue weighted by Crippen LogP contribution is 2.43. The van der Waals surface area contributed by atoms with Crippen LogP contribution in [0.25, 0.3) is 0 Å². The van der Waals surface area contributed by atoms with Gasteiger partial charge in [-0.3, -0.25) is 4.79 Å². The summed E-state index contributed by atoms with van der Waals surface area (Å²) >= 11 is 0.